The summed E-state index contributed by atoms with van der Waals surface area (Å²) in [5.41, 5.74) is 0.999. The van der Waals surface area contributed by atoms with Gasteiger partial charge in [0.05, 0.1) is 19.3 Å². The first-order valence-electron chi connectivity index (χ1n) is 8.71. The second kappa shape index (κ2) is 9.64. The first-order chi connectivity index (χ1) is 11.6. The highest BCUT2D eigenvalue weighted by Gasteiger charge is 2.22. The number of nitrogens with one attached hydrogen (secondary N) is 1. The fraction of sp³-hybridized carbons (Fsp3) is 0.632. The maximum Gasteiger partial charge on any atom is 0.246 e. The Hall–Kier alpha value is -1.59. The Labute approximate surface area is 144 Å². The first kappa shape index (κ1) is 18.7. The van der Waals surface area contributed by atoms with E-state index in [2.05, 4.69) is 5.32 Å². The van der Waals surface area contributed by atoms with Crippen molar-refractivity contribution in [3.05, 3.63) is 29.8 Å². The number of methoxy groups -OCH3 is 2. The molecule has 0 aromatic heterocycles. The summed E-state index contributed by atoms with van der Waals surface area (Å²) in [6.07, 6.45) is 5.83. The average molecular weight is 335 g/mol. The van der Waals surface area contributed by atoms with Crippen LogP contribution in [0, 0.1) is 0 Å². The minimum absolute atomic E-state index is 0.0939. The number of carbonyl (C=O) groups is 1. The molecule has 0 bridgehead atoms. The van der Waals surface area contributed by atoms with Crippen LogP contribution < -0.4 is 10.1 Å². The minimum Gasteiger partial charge on any atom is -0.497 e. The van der Waals surface area contributed by atoms with Gasteiger partial charge in [-0.3, -0.25) is 4.79 Å². The van der Waals surface area contributed by atoms with Crippen LogP contribution in [0.5, 0.6) is 5.75 Å². The van der Waals surface area contributed by atoms with Crippen molar-refractivity contribution in [1.82, 2.24) is 5.32 Å². The van der Waals surface area contributed by atoms with Crippen molar-refractivity contribution in [3.63, 3.8) is 0 Å². The molecular weight excluding hydrogens is 306 g/mol. The van der Waals surface area contributed by atoms with Gasteiger partial charge in [-0.15, -0.1) is 0 Å². The molecule has 0 unspecified atom stereocenters. The van der Waals surface area contributed by atoms with Crippen LogP contribution in [0.4, 0.5) is 0 Å². The zero-order valence-corrected chi connectivity index (χ0v) is 14.9. The molecule has 5 heteroatoms. The van der Waals surface area contributed by atoms with Crippen LogP contribution in [0.2, 0.25) is 0 Å². The summed E-state index contributed by atoms with van der Waals surface area (Å²) in [6, 6.07) is 7.54. The van der Waals surface area contributed by atoms with E-state index in [1.54, 1.807) is 14.2 Å². The predicted molar refractivity (Wildman–Crippen MR) is 93.2 cm³/mol. The highest BCUT2D eigenvalue weighted by Crippen LogP contribution is 2.23. The van der Waals surface area contributed by atoms with E-state index in [-0.39, 0.29) is 30.8 Å². The molecule has 134 valence electrons. The van der Waals surface area contributed by atoms with Gasteiger partial charge in [0.2, 0.25) is 5.91 Å². The summed E-state index contributed by atoms with van der Waals surface area (Å²) in [4.78, 5) is 12.1. The van der Waals surface area contributed by atoms with Crippen LogP contribution in [0.25, 0.3) is 0 Å². The molecule has 0 heterocycles. The molecule has 1 aromatic carbocycles. The van der Waals surface area contributed by atoms with Crippen LogP contribution in [-0.2, 0) is 14.3 Å². The maximum absolute atomic E-state index is 12.1. The molecule has 1 N–H and O–H groups in total. The molecule has 2 rings (SSSR count). The number of ether oxygens (including phenoxy) is 3. The van der Waals surface area contributed by atoms with Crippen LogP contribution >= 0.6 is 0 Å². The molecule has 5 nitrogen and oxygen atoms in total. The SMILES string of the molecule is COc1ccc([C@@H](OC)[C@@H](C)NC(=O)COC2CCCCC2)cc1. The minimum atomic E-state index is -0.213. The Bertz CT molecular complexity index is 497. The number of hydrogen-bond acceptors (Lipinski definition) is 4. The molecule has 24 heavy (non-hydrogen) atoms. The molecule has 1 aliphatic rings. The van der Waals surface area contributed by atoms with Gasteiger partial charge in [0.25, 0.3) is 0 Å². The molecule has 2 atom stereocenters. The summed E-state index contributed by atoms with van der Waals surface area (Å²) in [6.45, 7) is 2.06. The molecule has 1 aliphatic carbocycles. The lowest BCUT2D eigenvalue weighted by Gasteiger charge is -2.25. The number of benzene rings is 1. The van der Waals surface area contributed by atoms with Crippen molar-refractivity contribution in [2.24, 2.45) is 0 Å². The van der Waals surface area contributed by atoms with Crippen LogP contribution in [0.15, 0.2) is 24.3 Å². The quantitative estimate of drug-likeness (QED) is 0.792. The topological polar surface area (TPSA) is 56.8 Å². The Morgan fingerprint density at radius 3 is 2.42 bits per heavy atom. The van der Waals surface area contributed by atoms with Crippen molar-refractivity contribution in [1.29, 1.82) is 0 Å². The van der Waals surface area contributed by atoms with Crippen molar-refractivity contribution in [2.45, 2.75) is 57.3 Å². The van der Waals surface area contributed by atoms with Gasteiger partial charge in [-0.1, -0.05) is 31.4 Å². The van der Waals surface area contributed by atoms with Crippen LogP contribution in [0.1, 0.15) is 50.7 Å². The van der Waals surface area contributed by atoms with Gasteiger partial charge in [-0.25, -0.2) is 0 Å². The van der Waals surface area contributed by atoms with E-state index < -0.39 is 0 Å². The van der Waals surface area contributed by atoms with E-state index >= 15 is 0 Å². The Balaban J connectivity index is 1.83. The molecule has 0 spiro atoms. The molecule has 1 amide bonds. The molecule has 0 aliphatic heterocycles. The van der Waals surface area contributed by atoms with Crippen LogP contribution in [-0.4, -0.2) is 38.9 Å². The lowest BCUT2D eigenvalue weighted by molar-refractivity contribution is -0.130. The second-order valence-electron chi connectivity index (χ2n) is 6.36. The van der Waals surface area contributed by atoms with Gasteiger partial charge in [-0.2, -0.15) is 0 Å². The highest BCUT2D eigenvalue weighted by molar-refractivity contribution is 5.77. The Morgan fingerprint density at radius 1 is 1.17 bits per heavy atom. The normalized spacial score (nSPS) is 18.0. The molecule has 1 saturated carbocycles. The third kappa shape index (κ3) is 5.49. The fourth-order valence-corrected chi connectivity index (χ4v) is 3.22. The molecular formula is C19H29NO4. The number of carbonyl (C=O) groups excluding carboxylic acids is 1. The third-order valence-corrected chi connectivity index (χ3v) is 4.54. The number of hydrogen-bond donors (Lipinski definition) is 1. The molecule has 1 aromatic rings. The van der Waals surface area contributed by atoms with Crippen molar-refractivity contribution in [2.75, 3.05) is 20.8 Å². The van der Waals surface area contributed by atoms with Gasteiger partial charge < -0.3 is 19.5 Å². The smallest absolute Gasteiger partial charge is 0.246 e. The standard InChI is InChI=1S/C19H29NO4/c1-14(19(23-3)15-9-11-16(22-2)12-10-15)20-18(21)13-24-17-7-5-4-6-8-17/h9-12,14,17,19H,4-8,13H2,1-3H3,(H,20,21)/t14-,19+/m1/s1. The van der Waals surface area contributed by atoms with Gasteiger partial charge in [0, 0.05) is 7.11 Å². The summed E-state index contributed by atoms with van der Waals surface area (Å²) in [5, 5.41) is 2.98. The largest absolute Gasteiger partial charge is 0.497 e. The zero-order chi connectivity index (χ0) is 17.4. The Kier molecular flexibility index (Phi) is 7.53. The summed E-state index contributed by atoms with van der Waals surface area (Å²) >= 11 is 0. The maximum atomic E-state index is 12.1. The van der Waals surface area contributed by atoms with Gasteiger partial charge >= 0.3 is 0 Å². The molecule has 1 fully saturated rings. The van der Waals surface area contributed by atoms with Crippen molar-refractivity contribution >= 4 is 5.91 Å². The average Bonchev–Trinajstić information content (AvgIpc) is 2.62. The van der Waals surface area contributed by atoms with Gasteiger partial charge in [0.1, 0.15) is 18.5 Å². The van der Waals surface area contributed by atoms with Gasteiger partial charge in [0.15, 0.2) is 0 Å². The van der Waals surface area contributed by atoms with E-state index in [1.807, 2.05) is 31.2 Å². The van der Waals surface area contributed by atoms with Crippen molar-refractivity contribution < 1.29 is 19.0 Å². The van der Waals surface area contributed by atoms with E-state index in [1.165, 1.54) is 19.3 Å². The summed E-state index contributed by atoms with van der Waals surface area (Å²) in [5.74, 6) is 0.704. The number of rotatable bonds is 8. The molecule has 0 saturated heterocycles. The van der Waals surface area contributed by atoms with E-state index in [0.717, 1.165) is 24.2 Å². The Morgan fingerprint density at radius 2 is 1.83 bits per heavy atom. The fourth-order valence-electron chi connectivity index (χ4n) is 3.22. The lowest BCUT2D eigenvalue weighted by Crippen LogP contribution is -2.40. The van der Waals surface area contributed by atoms with Crippen molar-refractivity contribution in [3.8, 4) is 5.75 Å². The highest BCUT2D eigenvalue weighted by atomic mass is 16.5. The van der Waals surface area contributed by atoms with Gasteiger partial charge in [-0.05, 0) is 37.5 Å². The van der Waals surface area contributed by atoms with E-state index in [9.17, 15) is 4.79 Å². The van der Waals surface area contributed by atoms with E-state index in [0.29, 0.717) is 0 Å². The molecule has 0 radical (unpaired) electrons. The monoisotopic (exact) mass is 335 g/mol. The second-order valence-corrected chi connectivity index (χ2v) is 6.36. The summed E-state index contributed by atoms with van der Waals surface area (Å²) < 4.78 is 16.5. The lowest BCUT2D eigenvalue weighted by atomic mass is 9.98. The third-order valence-electron chi connectivity index (χ3n) is 4.54. The predicted octanol–water partition coefficient (Wildman–Crippen LogP) is 3.24. The summed E-state index contributed by atoms with van der Waals surface area (Å²) in [7, 11) is 3.29. The zero-order valence-electron chi connectivity index (χ0n) is 14.9. The first-order valence-corrected chi connectivity index (χ1v) is 8.71. The number of amides is 1. The van der Waals surface area contributed by atoms with Crippen LogP contribution in [0.3, 0.4) is 0 Å². The van der Waals surface area contributed by atoms with E-state index in [4.69, 9.17) is 14.2 Å².